The lowest BCUT2D eigenvalue weighted by Crippen LogP contribution is -2.39. The Balaban J connectivity index is 1.88. The van der Waals surface area contributed by atoms with E-state index in [0.717, 1.165) is 30.3 Å². The van der Waals surface area contributed by atoms with Gasteiger partial charge < -0.3 is 10.0 Å². The van der Waals surface area contributed by atoms with Crippen molar-refractivity contribution in [2.75, 3.05) is 11.4 Å². The summed E-state index contributed by atoms with van der Waals surface area (Å²) in [6.45, 7) is 4.94. The van der Waals surface area contributed by atoms with Crippen molar-refractivity contribution in [1.29, 1.82) is 0 Å². The van der Waals surface area contributed by atoms with Gasteiger partial charge in [0, 0.05) is 24.0 Å². The van der Waals surface area contributed by atoms with E-state index in [2.05, 4.69) is 23.2 Å². The van der Waals surface area contributed by atoms with Crippen LogP contribution < -0.4 is 4.90 Å². The van der Waals surface area contributed by atoms with Crippen LogP contribution in [0.5, 0.6) is 0 Å². The van der Waals surface area contributed by atoms with Crippen LogP contribution >= 0.6 is 11.5 Å². The fourth-order valence-electron chi connectivity index (χ4n) is 3.40. The van der Waals surface area contributed by atoms with Gasteiger partial charge in [-0.1, -0.05) is 20.3 Å². The van der Waals surface area contributed by atoms with E-state index in [4.69, 9.17) is 0 Å². The molecule has 3 atom stereocenters. The molecule has 1 aromatic rings. The lowest BCUT2D eigenvalue weighted by atomic mass is 9.94. The predicted molar refractivity (Wildman–Crippen MR) is 73.6 cm³/mol. The fraction of sp³-hybridized carbons (Fsp3) is 0.769. The normalized spacial score (nSPS) is 30.1. The summed E-state index contributed by atoms with van der Waals surface area (Å²) in [5.41, 5.74) is 0. The summed E-state index contributed by atoms with van der Waals surface area (Å²) in [6, 6.07) is -0.402. The Morgan fingerprint density at radius 1 is 1.47 bits per heavy atom. The van der Waals surface area contributed by atoms with E-state index in [0.29, 0.717) is 11.8 Å². The highest BCUT2D eigenvalue weighted by atomic mass is 32.1. The summed E-state index contributed by atoms with van der Waals surface area (Å²) in [5, 5.41) is 10.3. The van der Waals surface area contributed by atoms with Crippen molar-refractivity contribution >= 4 is 22.6 Å². The van der Waals surface area contributed by atoms with Gasteiger partial charge in [0.2, 0.25) is 5.13 Å². The van der Waals surface area contributed by atoms with Gasteiger partial charge in [0.15, 0.2) is 0 Å². The topological polar surface area (TPSA) is 66.3 Å². The molecule has 2 fully saturated rings. The molecule has 1 aromatic heterocycles. The molecule has 0 radical (unpaired) electrons. The fourth-order valence-corrected chi connectivity index (χ4v) is 4.25. The first kappa shape index (κ1) is 12.8. The Morgan fingerprint density at radius 2 is 2.26 bits per heavy atom. The first-order valence-corrected chi connectivity index (χ1v) is 7.68. The van der Waals surface area contributed by atoms with Crippen LogP contribution in [0.4, 0.5) is 5.13 Å². The second-order valence-corrected chi connectivity index (χ2v) is 6.61. The minimum Gasteiger partial charge on any atom is -0.480 e. The number of carboxylic acid groups (broad SMARTS) is 1. The Labute approximate surface area is 116 Å². The second-order valence-electron chi connectivity index (χ2n) is 5.88. The third kappa shape index (κ3) is 2.12. The van der Waals surface area contributed by atoms with Crippen molar-refractivity contribution in [3.63, 3.8) is 0 Å². The number of nitrogens with zero attached hydrogens (tertiary/aromatic N) is 3. The predicted octanol–water partition coefficient (Wildman–Crippen LogP) is 2.35. The molecule has 0 amide bonds. The Hall–Kier alpha value is -1.17. The molecule has 1 saturated heterocycles. The first-order valence-electron chi connectivity index (χ1n) is 6.91. The summed E-state index contributed by atoms with van der Waals surface area (Å²) in [7, 11) is 0. The number of anilines is 1. The summed E-state index contributed by atoms with van der Waals surface area (Å²) >= 11 is 1.34. The molecular weight excluding hydrogens is 262 g/mol. The van der Waals surface area contributed by atoms with Gasteiger partial charge in [0.05, 0.1) is 0 Å². The molecule has 0 spiro atoms. The van der Waals surface area contributed by atoms with Crippen LogP contribution in [0.1, 0.15) is 44.9 Å². The number of carboxylic acids is 1. The van der Waals surface area contributed by atoms with Gasteiger partial charge in [0.25, 0.3) is 0 Å². The summed E-state index contributed by atoms with van der Waals surface area (Å²) in [5.74, 6) is 1.21. The third-order valence-electron chi connectivity index (χ3n) is 4.34. The highest BCUT2D eigenvalue weighted by Gasteiger charge is 2.48. The second kappa shape index (κ2) is 4.74. The number of hydrogen-bond acceptors (Lipinski definition) is 5. The van der Waals surface area contributed by atoms with Crippen LogP contribution in [0.2, 0.25) is 0 Å². The standard InChI is InChI=1S/C13H19N3O2S/c1-7(2)11-14-13(19-15-11)16-6-8-4-3-5-9(8)10(16)12(17)18/h7-10H,3-6H2,1-2H3,(H,17,18). The Morgan fingerprint density at radius 3 is 2.89 bits per heavy atom. The van der Waals surface area contributed by atoms with Crippen molar-refractivity contribution in [3.05, 3.63) is 5.82 Å². The van der Waals surface area contributed by atoms with Crippen molar-refractivity contribution in [1.82, 2.24) is 9.36 Å². The number of aromatic nitrogens is 2. The summed E-state index contributed by atoms with van der Waals surface area (Å²) < 4.78 is 4.34. The van der Waals surface area contributed by atoms with E-state index in [1.807, 2.05) is 4.90 Å². The zero-order valence-electron chi connectivity index (χ0n) is 11.2. The average Bonchev–Trinajstić information content (AvgIpc) is 3.02. The SMILES string of the molecule is CC(C)c1nsc(N2CC3CCCC3C2C(=O)O)n1. The van der Waals surface area contributed by atoms with E-state index >= 15 is 0 Å². The molecule has 1 aliphatic carbocycles. The maximum Gasteiger partial charge on any atom is 0.326 e. The van der Waals surface area contributed by atoms with Crippen molar-refractivity contribution in [2.24, 2.45) is 11.8 Å². The van der Waals surface area contributed by atoms with Crippen molar-refractivity contribution in [2.45, 2.75) is 45.1 Å². The van der Waals surface area contributed by atoms with Crippen LogP contribution in [0.15, 0.2) is 0 Å². The molecule has 1 saturated carbocycles. The zero-order chi connectivity index (χ0) is 13.6. The molecule has 3 unspecified atom stereocenters. The van der Waals surface area contributed by atoms with Gasteiger partial charge in [-0.15, -0.1) is 0 Å². The molecule has 5 nitrogen and oxygen atoms in total. The van der Waals surface area contributed by atoms with Gasteiger partial charge in [-0.05, 0) is 24.7 Å². The largest absolute Gasteiger partial charge is 0.480 e. The van der Waals surface area contributed by atoms with Crippen LogP contribution in [0.3, 0.4) is 0 Å². The number of carbonyl (C=O) groups is 1. The smallest absolute Gasteiger partial charge is 0.326 e. The monoisotopic (exact) mass is 281 g/mol. The minimum absolute atomic E-state index is 0.287. The molecule has 2 heterocycles. The third-order valence-corrected chi connectivity index (χ3v) is 5.10. The van der Waals surface area contributed by atoms with Gasteiger partial charge in [-0.2, -0.15) is 4.37 Å². The maximum atomic E-state index is 11.6. The first-order chi connectivity index (χ1) is 9.08. The molecule has 1 N–H and O–H groups in total. The zero-order valence-corrected chi connectivity index (χ0v) is 12.1. The molecule has 0 aromatic carbocycles. The lowest BCUT2D eigenvalue weighted by molar-refractivity contribution is -0.139. The summed E-state index contributed by atoms with van der Waals surface area (Å²) in [4.78, 5) is 18.1. The number of fused-ring (bicyclic) bond motifs is 1. The molecule has 3 rings (SSSR count). The Kier molecular flexibility index (Phi) is 3.20. The van der Waals surface area contributed by atoms with Gasteiger partial charge in [-0.25, -0.2) is 9.78 Å². The quantitative estimate of drug-likeness (QED) is 0.921. The highest BCUT2D eigenvalue weighted by molar-refractivity contribution is 7.09. The van der Waals surface area contributed by atoms with E-state index in [1.54, 1.807) is 0 Å². The van der Waals surface area contributed by atoms with E-state index in [9.17, 15) is 9.90 Å². The molecule has 19 heavy (non-hydrogen) atoms. The van der Waals surface area contributed by atoms with E-state index < -0.39 is 12.0 Å². The number of rotatable bonds is 3. The molecule has 1 aliphatic heterocycles. The summed E-state index contributed by atoms with van der Waals surface area (Å²) in [6.07, 6.45) is 3.36. The molecular formula is C13H19N3O2S. The molecule has 2 aliphatic rings. The van der Waals surface area contributed by atoms with Crippen LogP contribution in [0, 0.1) is 11.8 Å². The van der Waals surface area contributed by atoms with Crippen LogP contribution in [-0.4, -0.2) is 33.0 Å². The number of aliphatic carboxylic acids is 1. The van der Waals surface area contributed by atoms with Crippen LogP contribution in [-0.2, 0) is 4.79 Å². The van der Waals surface area contributed by atoms with Gasteiger partial charge in [0.1, 0.15) is 11.9 Å². The maximum absolute atomic E-state index is 11.6. The van der Waals surface area contributed by atoms with Crippen LogP contribution in [0.25, 0.3) is 0 Å². The number of hydrogen-bond donors (Lipinski definition) is 1. The minimum atomic E-state index is -0.712. The van der Waals surface area contributed by atoms with Gasteiger partial charge in [-0.3, -0.25) is 0 Å². The van der Waals surface area contributed by atoms with Crippen molar-refractivity contribution < 1.29 is 9.90 Å². The molecule has 104 valence electrons. The molecule has 0 bridgehead atoms. The highest BCUT2D eigenvalue weighted by Crippen LogP contribution is 2.44. The van der Waals surface area contributed by atoms with Gasteiger partial charge >= 0.3 is 5.97 Å². The lowest BCUT2D eigenvalue weighted by Gasteiger charge is -2.23. The van der Waals surface area contributed by atoms with E-state index in [1.165, 1.54) is 18.0 Å². The molecule has 6 heteroatoms. The van der Waals surface area contributed by atoms with E-state index in [-0.39, 0.29) is 5.92 Å². The average molecular weight is 281 g/mol. The Bertz CT molecular complexity index is 488. The van der Waals surface area contributed by atoms with Crippen molar-refractivity contribution in [3.8, 4) is 0 Å².